The third kappa shape index (κ3) is 4.21. The smallest absolute Gasteiger partial charge is 0.239 e. The number of aryl methyl sites for hydroxylation is 1. The Morgan fingerprint density at radius 2 is 1.80 bits per heavy atom. The van der Waals surface area contributed by atoms with Crippen LogP contribution in [0.15, 0.2) is 54.7 Å². The van der Waals surface area contributed by atoms with Crippen LogP contribution in [0.4, 0.5) is 0 Å². The maximum Gasteiger partial charge on any atom is 0.239 e. The molecule has 4 nitrogen and oxygen atoms in total. The molecular formula is C20H24ClN3O. The van der Waals surface area contributed by atoms with Crippen LogP contribution in [0.2, 0.25) is 0 Å². The minimum Gasteiger partial charge on any atom is -0.361 e. The number of para-hydroxylation sites is 1. The summed E-state index contributed by atoms with van der Waals surface area (Å²) in [7, 11) is 1.81. The van der Waals surface area contributed by atoms with Crippen LogP contribution in [0.5, 0.6) is 0 Å². The number of rotatable bonds is 5. The van der Waals surface area contributed by atoms with E-state index < -0.39 is 6.04 Å². The highest BCUT2D eigenvalue weighted by Gasteiger charge is 2.20. The maximum atomic E-state index is 12.6. The molecule has 0 radical (unpaired) electrons. The lowest BCUT2D eigenvalue weighted by molar-refractivity contribution is -0.131. The molecule has 2 aromatic carbocycles. The zero-order valence-electron chi connectivity index (χ0n) is 14.5. The second kappa shape index (κ2) is 8.19. The normalized spacial score (nSPS) is 11.8. The zero-order chi connectivity index (χ0) is 17.1. The summed E-state index contributed by atoms with van der Waals surface area (Å²) < 4.78 is 0. The van der Waals surface area contributed by atoms with E-state index in [1.54, 1.807) is 4.90 Å². The van der Waals surface area contributed by atoms with Gasteiger partial charge in [-0.05, 0) is 36.1 Å². The number of likely N-dealkylation sites (N-methyl/N-ethyl adjacent to an activating group) is 1. The van der Waals surface area contributed by atoms with Gasteiger partial charge < -0.3 is 15.6 Å². The fourth-order valence-electron chi connectivity index (χ4n) is 3.03. The second-order valence-electron chi connectivity index (χ2n) is 6.29. The SMILES string of the molecule is Cc1ccccc1CN(C)C(=O)[C@@H](N)Cc1c[nH]c2ccccc12.Cl. The number of nitrogens with zero attached hydrogens (tertiary/aromatic N) is 1. The van der Waals surface area contributed by atoms with Crippen molar-refractivity contribution in [3.8, 4) is 0 Å². The molecule has 1 heterocycles. The van der Waals surface area contributed by atoms with Gasteiger partial charge in [-0.3, -0.25) is 4.79 Å². The van der Waals surface area contributed by atoms with Gasteiger partial charge in [-0.15, -0.1) is 12.4 Å². The van der Waals surface area contributed by atoms with E-state index in [9.17, 15) is 4.79 Å². The number of fused-ring (bicyclic) bond motifs is 1. The third-order valence-electron chi connectivity index (χ3n) is 4.48. The molecule has 0 unspecified atom stereocenters. The van der Waals surface area contributed by atoms with E-state index in [4.69, 9.17) is 5.73 Å². The van der Waals surface area contributed by atoms with Gasteiger partial charge in [0.1, 0.15) is 0 Å². The van der Waals surface area contributed by atoms with Crippen molar-refractivity contribution in [3.05, 3.63) is 71.4 Å². The highest BCUT2D eigenvalue weighted by molar-refractivity contribution is 5.86. The van der Waals surface area contributed by atoms with Gasteiger partial charge in [0.15, 0.2) is 0 Å². The summed E-state index contributed by atoms with van der Waals surface area (Å²) in [5, 5.41) is 1.13. The number of halogens is 1. The summed E-state index contributed by atoms with van der Waals surface area (Å²) >= 11 is 0. The molecule has 0 aliphatic rings. The largest absolute Gasteiger partial charge is 0.361 e. The first kappa shape index (κ1) is 19.0. The van der Waals surface area contributed by atoms with E-state index in [2.05, 4.69) is 24.0 Å². The molecule has 1 amide bonds. The predicted molar refractivity (Wildman–Crippen MR) is 105 cm³/mol. The molecule has 0 aliphatic carbocycles. The molecule has 1 aromatic heterocycles. The molecule has 25 heavy (non-hydrogen) atoms. The molecule has 0 saturated heterocycles. The first-order valence-corrected chi connectivity index (χ1v) is 8.16. The van der Waals surface area contributed by atoms with Crippen LogP contribution < -0.4 is 5.73 Å². The Morgan fingerprint density at radius 1 is 1.12 bits per heavy atom. The highest BCUT2D eigenvalue weighted by Crippen LogP contribution is 2.19. The number of aromatic amines is 1. The van der Waals surface area contributed by atoms with Crippen molar-refractivity contribution < 1.29 is 4.79 Å². The van der Waals surface area contributed by atoms with E-state index in [1.165, 1.54) is 5.56 Å². The average molecular weight is 358 g/mol. The molecular weight excluding hydrogens is 334 g/mol. The fourth-order valence-corrected chi connectivity index (χ4v) is 3.03. The summed E-state index contributed by atoms with van der Waals surface area (Å²) in [5.74, 6) is -0.0384. The van der Waals surface area contributed by atoms with Crippen molar-refractivity contribution in [2.75, 3.05) is 7.05 Å². The van der Waals surface area contributed by atoms with Gasteiger partial charge in [0.05, 0.1) is 6.04 Å². The fraction of sp³-hybridized carbons (Fsp3) is 0.250. The number of aromatic nitrogens is 1. The van der Waals surface area contributed by atoms with Gasteiger partial charge in [-0.2, -0.15) is 0 Å². The number of nitrogens with one attached hydrogen (secondary N) is 1. The minimum absolute atomic E-state index is 0. The predicted octanol–water partition coefficient (Wildman–Crippen LogP) is 3.43. The van der Waals surface area contributed by atoms with Crippen molar-refractivity contribution >= 4 is 29.2 Å². The van der Waals surface area contributed by atoms with Crippen LogP contribution in [-0.4, -0.2) is 28.9 Å². The molecule has 0 fully saturated rings. The molecule has 0 aliphatic heterocycles. The minimum atomic E-state index is -0.543. The van der Waals surface area contributed by atoms with Crippen molar-refractivity contribution in [2.45, 2.75) is 25.9 Å². The maximum absolute atomic E-state index is 12.6. The number of H-pyrrole nitrogens is 1. The van der Waals surface area contributed by atoms with E-state index in [0.717, 1.165) is 22.0 Å². The first-order chi connectivity index (χ1) is 11.6. The van der Waals surface area contributed by atoms with Crippen LogP contribution in [0.1, 0.15) is 16.7 Å². The summed E-state index contributed by atoms with van der Waals surface area (Å²) in [6.07, 6.45) is 2.47. The number of hydrogen-bond acceptors (Lipinski definition) is 2. The van der Waals surface area contributed by atoms with Crippen molar-refractivity contribution in [1.82, 2.24) is 9.88 Å². The number of hydrogen-bond donors (Lipinski definition) is 2. The molecule has 0 bridgehead atoms. The monoisotopic (exact) mass is 357 g/mol. The lowest BCUT2D eigenvalue weighted by Crippen LogP contribution is -2.42. The van der Waals surface area contributed by atoms with Crippen LogP contribution in [0.3, 0.4) is 0 Å². The number of carbonyl (C=O) groups is 1. The van der Waals surface area contributed by atoms with E-state index in [0.29, 0.717) is 13.0 Å². The molecule has 3 N–H and O–H groups in total. The van der Waals surface area contributed by atoms with Gasteiger partial charge in [-0.1, -0.05) is 42.5 Å². The molecule has 0 saturated carbocycles. The van der Waals surface area contributed by atoms with Gasteiger partial charge in [0.2, 0.25) is 5.91 Å². The number of carbonyl (C=O) groups excluding carboxylic acids is 1. The second-order valence-corrected chi connectivity index (χ2v) is 6.29. The van der Waals surface area contributed by atoms with Gasteiger partial charge in [-0.25, -0.2) is 0 Å². The molecule has 0 spiro atoms. The molecule has 3 aromatic rings. The van der Waals surface area contributed by atoms with Crippen LogP contribution in [-0.2, 0) is 17.8 Å². The van der Waals surface area contributed by atoms with E-state index in [-0.39, 0.29) is 18.3 Å². The van der Waals surface area contributed by atoms with Gasteiger partial charge in [0.25, 0.3) is 0 Å². The van der Waals surface area contributed by atoms with Gasteiger partial charge in [0, 0.05) is 30.7 Å². The average Bonchev–Trinajstić information content (AvgIpc) is 2.99. The van der Waals surface area contributed by atoms with Crippen molar-refractivity contribution in [2.24, 2.45) is 5.73 Å². The van der Waals surface area contributed by atoms with Crippen molar-refractivity contribution in [1.29, 1.82) is 0 Å². The number of benzene rings is 2. The molecule has 1 atom stereocenters. The van der Waals surface area contributed by atoms with Crippen molar-refractivity contribution in [3.63, 3.8) is 0 Å². The standard InChI is InChI=1S/C20H23N3O.ClH/c1-14-7-3-4-8-15(14)13-23(2)20(24)18(21)11-16-12-22-19-10-6-5-9-17(16)19;/h3-10,12,18,22H,11,13,21H2,1-2H3;1H/t18-;/m0./s1. The van der Waals surface area contributed by atoms with Crippen LogP contribution in [0, 0.1) is 6.92 Å². The summed E-state index contributed by atoms with van der Waals surface area (Å²) in [6.45, 7) is 2.63. The van der Waals surface area contributed by atoms with E-state index >= 15 is 0 Å². The van der Waals surface area contributed by atoms with Crippen LogP contribution >= 0.6 is 12.4 Å². The Kier molecular flexibility index (Phi) is 6.23. The molecule has 5 heteroatoms. The zero-order valence-corrected chi connectivity index (χ0v) is 15.3. The van der Waals surface area contributed by atoms with Gasteiger partial charge >= 0.3 is 0 Å². The Hall–Kier alpha value is -2.30. The summed E-state index contributed by atoms with van der Waals surface area (Å²) in [6, 6.07) is 15.6. The summed E-state index contributed by atoms with van der Waals surface area (Å²) in [4.78, 5) is 17.6. The number of nitrogens with two attached hydrogens (primary N) is 1. The topological polar surface area (TPSA) is 62.1 Å². The lowest BCUT2D eigenvalue weighted by atomic mass is 10.0. The quantitative estimate of drug-likeness (QED) is 0.734. The first-order valence-electron chi connectivity index (χ1n) is 8.16. The summed E-state index contributed by atoms with van der Waals surface area (Å²) in [5.41, 5.74) is 10.7. The Balaban J connectivity index is 0.00000225. The Labute approximate surface area is 154 Å². The highest BCUT2D eigenvalue weighted by atomic mass is 35.5. The Morgan fingerprint density at radius 3 is 2.56 bits per heavy atom. The molecule has 132 valence electrons. The van der Waals surface area contributed by atoms with E-state index in [1.807, 2.05) is 49.6 Å². The third-order valence-corrected chi connectivity index (χ3v) is 4.48. The lowest BCUT2D eigenvalue weighted by Gasteiger charge is -2.22. The molecule has 3 rings (SSSR count). The Bertz CT molecular complexity index is 859. The number of amides is 1. The van der Waals surface area contributed by atoms with Crippen LogP contribution in [0.25, 0.3) is 10.9 Å².